The van der Waals surface area contributed by atoms with Crippen LogP contribution in [-0.4, -0.2) is 30.6 Å². The molecule has 0 amide bonds. The molecule has 0 saturated carbocycles. The van der Waals surface area contributed by atoms with Crippen molar-refractivity contribution in [2.24, 2.45) is 5.92 Å². The van der Waals surface area contributed by atoms with Crippen molar-refractivity contribution in [2.45, 2.75) is 26.7 Å². The second-order valence-corrected chi connectivity index (χ2v) is 9.20. The third kappa shape index (κ3) is 3.33. The third-order valence-electron chi connectivity index (χ3n) is 6.82. The minimum atomic E-state index is -0.0108. The average molecular weight is 454 g/mol. The summed E-state index contributed by atoms with van der Waals surface area (Å²) in [7, 11) is 0. The van der Waals surface area contributed by atoms with Gasteiger partial charge in [0.1, 0.15) is 11.3 Å². The number of rotatable bonds is 5. The molecule has 6 nitrogen and oxygen atoms in total. The van der Waals surface area contributed by atoms with E-state index >= 15 is 0 Å². The molecule has 1 atom stereocenters. The number of piperidine rings is 1. The summed E-state index contributed by atoms with van der Waals surface area (Å²) in [6.07, 6.45) is 2.36. The number of carbonyl (C=O) groups excluding carboxylic acids is 1. The normalized spacial score (nSPS) is 17.1. The van der Waals surface area contributed by atoms with Crippen molar-refractivity contribution < 1.29 is 14.1 Å². The van der Waals surface area contributed by atoms with Gasteiger partial charge in [0.05, 0.1) is 28.9 Å². The van der Waals surface area contributed by atoms with Crippen LogP contribution in [0.2, 0.25) is 0 Å². The van der Waals surface area contributed by atoms with Gasteiger partial charge in [0.25, 0.3) is 0 Å². The summed E-state index contributed by atoms with van der Waals surface area (Å²) >= 11 is 0. The summed E-state index contributed by atoms with van der Waals surface area (Å²) in [5.74, 6) is 2.08. The first kappa shape index (κ1) is 20.8. The van der Waals surface area contributed by atoms with Crippen molar-refractivity contribution in [3.05, 3.63) is 65.7 Å². The molecule has 1 N–H and O–H groups in total. The van der Waals surface area contributed by atoms with Crippen LogP contribution in [0.4, 0.5) is 17.1 Å². The van der Waals surface area contributed by atoms with Gasteiger partial charge in [-0.1, -0.05) is 36.3 Å². The first-order valence-electron chi connectivity index (χ1n) is 12.0. The maximum atomic E-state index is 13.7. The van der Waals surface area contributed by atoms with Crippen molar-refractivity contribution in [3.63, 3.8) is 0 Å². The number of anilines is 3. The zero-order valence-corrected chi connectivity index (χ0v) is 19.4. The fourth-order valence-corrected chi connectivity index (χ4v) is 5.25. The molecule has 2 heterocycles. The summed E-state index contributed by atoms with van der Waals surface area (Å²) in [4.78, 5) is 16.1. The maximum Gasteiger partial charge on any atom is 0.196 e. The van der Waals surface area contributed by atoms with Crippen molar-refractivity contribution in [1.29, 1.82) is 0 Å². The highest BCUT2D eigenvalue weighted by molar-refractivity contribution is 6.28. The van der Waals surface area contributed by atoms with Gasteiger partial charge in [-0.15, -0.1) is 0 Å². The predicted molar refractivity (Wildman–Crippen MR) is 134 cm³/mol. The number of hydrogen-bond acceptors (Lipinski definition) is 6. The fraction of sp³-hybridized carbons (Fsp3) is 0.286. The van der Waals surface area contributed by atoms with Crippen LogP contribution in [0.1, 0.15) is 42.6 Å². The van der Waals surface area contributed by atoms with Crippen LogP contribution in [0.5, 0.6) is 5.75 Å². The molecule has 1 aliphatic heterocycles. The molecule has 2 aliphatic rings. The zero-order chi connectivity index (χ0) is 23.2. The number of nitrogens with one attached hydrogen (secondary N) is 1. The SMILES string of the molecule is CCOc1ccc(Nc2cc(N3CCCC(C)C3)c3noc4c3c2C(=O)c2ccccc2-4)cc1. The number of hydrogen-bond donors (Lipinski definition) is 1. The van der Waals surface area contributed by atoms with Gasteiger partial charge >= 0.3 is 0 Å². The third-order valence-corrected chi connectivity index (χ3v) is 6.82. The molecule has 4 aromatic rings. The highest BCUT2D eigenvalue weighted by Gasteiger charge is 2.34. The topological polar surface area (TPSA) is 67.6 Å². The lowest BCUT2D eigenvalue weighted by atomic mass is 9.86. The van der Waals surface area contributed by atoms with Crippen LogP contribution in [-0.2, 0) is 0 Å². The van der Waals surface area contributed by atoms with Crippen LogP contribution < -0.4 is 15.0 Å². The van der Waals surface area contributed by atoms with Gasteiger partial charge in [-0.25, -0.2) is 0 Å². The van der Waals surface area contributed by atoms with E-state index in [0.29, 0.717) is 29.4 Å². The van der Waals surface area contributed by atoms with E-state index < -0.39 is 0 Å². The van der Waals surface area contributed by atoms with E-state index in [2.05, 4.69) is 28.4 Å². The molecule has 1 saturated heterocycles. The maximum absolute atomic E-state index is 13.7. The van der Waals surface area contributed by atoms with Crippen molar-refractivity contribution in [3.8, 4) is 17.1 Å². The van der Waals surface area contributed by atoms with Gasteiger partial charge in [-0.05, 0) is 56.0 Å². The number of benzene rings is 3. The molecule has 6 rings (SSSR count). The van der Waals surface area contributed by atoms with E-state index in [-0.39, 0.29) is 5.78 Å². The minimum absolute atomic E-state index is 0.0108. The summed E-state index contributed by atoms with van der Waals surface area (Å²) in [6, 6.07) is 17.5. The van der Waals surface area contributed by atoms with Gasteiger partial charge in [0, 0.05) is 29.9 Å². The molecule has 0 bridgehead atoms. The Bertz CT molecular complexity index is 1390. The lowest BCUT2D eigenvalue weighted by Crippen LogP contribution is -2.34. The smallest absolute Gasteiger partial charge is 0.196 e. The number of nitrogens with zero attached hydrogens (tertiary/aromatic N) is 2. The molecule has 0 spiro atoms. The van der Waals surface area contributed by atoms with Crippen LogP contribution in [0.15, 0.2) is 59.1 Å². The van der Waals surface area contributed by atoms with E-state index in [9.17, 15) is 4.79 Å². The Kier molecular flexibility index (Phi) is 5.01. The summed E-state index contributed by atoms with van der Waals surface area (Å²) in [6.45, 7) is 6.80. The average Bonchev–Trinajstić information content (AvgIpc) is 3.29. The van der Waals surface area contributed by atoms with Crippen LogP contribution in [0.25, 0.3) is 22.2 Å². The molecule has 3 aromatic carbocycles. The second kappa shape index (κ2) is 8.20. The van der Waals surface area contributed by atoms with E-state index in [1.54, 1.807) is 0 Å². The quantitative estimate of drug-likeness (QED) is 0.331. The first-order chi connectivity index (χ1) is 16.6. The molecular weight excluding hydrogens is 426 g/mol. The summed E-state index contributed by atoms with van der Waals surface area (Å²) in [5, 5.41) is 8.81. The standard InChI is InChI=1S/C28H27N3O3/c1-3-33-19-12-10-18(11-13-19)29-22-15-23(31-14-6-7-17(2)16-31)26-25-24(22)27(32)20-8-4-5-9-21(20)28(25)34-30-26/h4-5,8-13,15,17,29H,3,6-7,14,16H2,1-2H3. The van der Waals surface area contributed by atoms with Crippen molar-refractivity contribution >= 4 is 33.7 Å². The molecule has 1 unspecified atom stereocenters. The Morgan fingerprint density at radius 3 is 2.71 bits per heavy atom. The molecule has 1 aliphatic carbocycles. The molecule has 172 valence electrons. The lowest BCUT2D eigenvalue weighted by molar-refractivity contribution is 0.104. The van der Waals surface area contributed by atoms with Gasteiger partial charge in [-0.3, -0.25) is 4.79 Å². The van der Waals surface area contributed by atoms with Crippen molar-refractivity contribution in [2.75, 3.05) is 29.9 Å². The van der Waals surface area contributed by atoms with Gasteiger partial charge in [0.15, 0.2) is 11.5 Å². The van der Waals surface area contributed by atoms with Crippen LogP contribution >= 0.6 is 0 Å². The largest absolute Gasteiger partial charge is 0.494 e. The first-order valence-corrected chi connectivity index (χ1v) is 12.0. The number of carbonyl (C=O) groups is 1. The molecular formula is C28H27N3O3. The Balaban J connectivity index is 1.54. The Labute approximate surface area is 198 Å². The Hall–Kier alpha value is -3.80. The Morgan fingerprint density at radius 2 is 1.94 bits per heavy atom. The van der Waals surface area contributed by atoms with E-state index in [1.165, 1.54) is 6.42 Å². The molecule has 1 aromatic heterocycles. The van der Waals surface area contributed by atoms with Crippen LogP contribution in [0.3, 0.4) is 0 Å². The number of aromatic nitrogens is 1. The van der Waals surface area contributed by atoms with Gasteiger partial charge < -0.3 is 19.5 Å². The zero-order valence-electron chi connectivity index (χ0n) is 19.4. The highest BCUT2D eigenvalue weighted by atomic mass is 16.5. The number of ketones is 1. The highest BCUT2D eigenvalue weighted by Crippen LogP contribution is 2.46. The summed E-state index contributed by atoms with van der Waals surface area (Å²) in [5.41, 5.74) is 5.50. The molecule has 0 radical (unpaired) electrons. The molecule has 34 heavy (non-hydrogen) atoms. The second-order valence-electron chi connectivity index (χ2n) is 9.20. The Morgan fingerprint density at radius 1 is 1.15 bits per heavy atom. The minimum Gasteiger partial charge on any atom is -0.494 e. The number of ether oxygens (including phenoxy) is 1. The van der Waals surface area contributed by atoms with E-state index in [1.807, 2.05) is 55.5 Å². The van der Waals surface area contributed by atoms with Crippen LogP contribution in [0, 0.1) is 5.92 Å². The molecule has 6 heteroatoms. The fourth-order valence-electron chi connectivity index (χ4n) is 5.25. The van der Waals surface area contributed by atoms with Crippen molar-refractivity contribution in [1.82, 2.24) is 5.16 Å². The molecule has 1 fully saturated rings. The summed E-state index contributed by atoms with van der Waals surface area (Å²) < 4.78 is 11.5. The van der Waals surface area contributed by atoms with E-state index in [4.69, 9.17) is 9.26 Å². The monoisotopic (exact) mass is 453 g/mol. The lowest BCUT2D eigenvalue weighted by Gasteiger charge is -2.33. The number of fused-ring (bicyclic) bond motifs is 2. The predicted octanol–water partition coefficient (Wildman–Crippen LogP) is 6.42. The van der Waals surface area contributed by atoms with Gasteiger partial charge in [0.2, 0.25) is 0 Å². The van der Waals surface area contributed by atoms with E-state index in [0.717, 1.165) is 58.8 Å². The van der Waals surface area contributed by atoms with Gasteiger partial charge in [-0.2, -0.15) is 0 Å².